The van der Waals surface area contributed by atoms with Crippen LogP contribution in [-0.2, 0) is 0 Å². The van der Waals surface area contributed by atoms with Gasteiger partial charge in [0.15, 0.2) is 0 Å². The highest BCUT2D eigenvalue weighted by atomic mass is 16.3. The van der Waals surface area contributed by atoms with Gasteiger partial charge in [-0.3, -0.25) is 0 Å². The summed E-state index contributed by atoms with van der Waals surface area (Å²) in [4.78, 5) is 0. The van der Waals surface area contributed by atoms with Crippen LogP contribution in [0.5, 0.6) is 0 Å². The van der Waals surface area contributed by atoms with Crippen molar-refractivity contribution in [3.8, 4) is 0 Å². The number of piperidine rings is 1. The molecule has 0 aromatic carbocycles. The summed E-state index contributed by atoms with van der Waals surface area (Å²) in [5, 5.41) is 12.9. The zero-order chi connectivity index (χ0) is 9.26. The van der Waals surface area contributed by atoms with Crippen LogP contribution in [0.2, 0.25) is 0 Å². The van der Waals surface area contributed by atoms with E-state index in [9.17, 15) is 5.11 Å². The van der Waals surface area contributed by atoms with Crippen LogP contribution in [-0.4, -0.2) is 23.8 Å². The molecule has 74 valence electrons. The summed E-state index contributed by atoms with van der Waals surface area (Å²) >= 11 is 0. The molecule has 13 heavy (non-hydrogen) atoms. The molecule has 2 nitrogen and oxygen atoms in total. The lowest BCUT2D eigenvalue weighted by Crippen LogP contribution is -2.38. The van der Waals surface area contributed by atoms with Gasteiger partial charge in [-0.15, -0.1) is 0 Å². The molecule has 1 heterocycles. The Morgan fingerprint density at radius 3 is 2.77 bits per heavy atom. The molecule has 0 aromatic rings. The van der Waals surface area contributed by atoms with Crippen molar-refractivity contribution >= 4 is 0 Å². The zero-order valence-corrected chi connectivity index (χ0v) is 8.29. The van der Waals surface area contributed by atoms with Gasteiger partial charge in [0, 0.05) is 6.04 Å². The number of aliphatic hydroxyl groups excluding tert-OH is 1. The summed E-state index contributed by atoms with van der Waals surface area (Å²) in [6, 6.07) is 0.563. The molecule has 0 radical (unpaired) electrons. The fourth-order valence-corrected chi connectivity index (χ4v) is 2.33. The Balaban J connectivity index is 1.91. The molecule has 0 amide bonds. The van der Waals surface area contributed by atoms with Crippen LogP contribution >= 0.6 is 0 Å². The minimum absolute atomic E-state index is 0.170. The Morgan fingerprint density at radius 2 is 2.23 bits per heavy atom. The molecule has 0 saturated carbocycles. The van der Waals surface area contributed by atoms with Gasteiger partial charge in [-0.05, 0) is 38.1 Å². The van der Waals surface area contributed by atoms with Gasteiger partial charge in [0.1, 0.15) is 0 Å². The van der Waals surface area contributed by atoms with Crippen molar-refractivity contribution in [2.24, 2.45) is 5.92 Å². The number of nitrogens with one attached hydrogen (secondary N) is 1. The number of aliphatic hydroxyl groups is 1. The molecular formula is C11H19NO. The smallest absolute Gasteiger partial charge is 0.0727 e. The van der Waals surface area contributed by atoms with E-state index in [0.29, 0.717) is 6.04 Å². The Labute approximate surface area is 80.0 Å². The normalized spacial score (nSPS) is 40.5. The van der Waals surface area contributed by atoms with Crippen LogP contribution in [0.25, 0.3) is 0 Å². The van der Waals surface area contributed by atoms with Gasteiger partial charge >= 0.3 is 0 Å². The van der Waals surface area contributed by atoms with Crippen LogP contribution in [0, 0.1) is 5.92 Å². The lowest BCUT2D eigenvalue weighted by Gasteiger charge is -2.28. The monoisotopic (exact) mass is 181 g/mol. The quantitative estimate of drug-likeness (QED) is 0.600. The topological polar surface area (TPSA) is 32.3 Å². The van der Waals surface area contributed by atoms with E-state index in [0.717, 1.165) is 25.3 Å². The van der Waals surface area contributed by atoms with Crippen LogP contribution in [0.15, 0.2) is 11.6 Å². The number of rotatable bonds is 1. The third-order valence-corrected chi connectivity index (χ3v) is 3.24. The fourth-order valence-electron chi connectivity index (χ4n) is 2.33. The maximum absolute atomic E-state index is 9.38. The minimum atomic E-state index is -0.170. The fraction of sp³-hybridized carbons (Fsp3) is 0.818. The van der Waals surface area contributed by atoms with Gasteiger partial charge in [0.05, 0.1) is 6.10 Å². The third kappa shape index (κ3) is 2.12. The molecule has 0 spiro atoms. The van der Waals surface area contributed by atoms with E-state index in [-0.39, 0.29) is 6.10 Å². The van der Waals surface area contributed by atoms with Crippen molar-refractivity contribution in [2.75, 3.05) is 6.54 Å². The molecule has 2 rings (SSSR count). The van der Waals surface area contributed by atoms with Crippen molar-refractivity contribution in [1.29, 1.82) is 0 Å². The maximum Gasteiger partial charge on any atom is 0.0727 e. The average Bonchev–Trinajstić information content (AvgIpc) is 2.53. The molecule has 1 saturated heterocycles. The van der Waals surface area contributed by atoms with Gasteiger partial charge in [-0.1, -0.05) is 18.6 Å². The van der Waals surface area contributed by atoms with E-state index >= 15 is 0 Å². The molecule has 1 fully saturated rings. The molecule has 2 N–H and O–H groups in total. The molecule has 2 heteroatoms. The number of hydrogen-bond acceptors (Lipinski definition) is 2. The zero-order valence-electron chi connectivity index (χ0n) is 8.29. The van der Waals surface area contributed by atoms with Crippen LogP contribution in [0.4, 0.5) is 0 Å². The number of hydrogen-bond donors (Lipinski definition) is 2. The summed E-state index contributed by atoms with van der Waals surface area (Å²) in [7, 11) is 0. The molecule has 1 aliphatic heterocycles. The summed E-state index contributed by atoms with van der Waals surface area (Å²) in [5.74, 6) is 0.822. The first-order valence-corrected chi connectivity index (χ1v) is 5.38. The standard InChI is InChI=1S/C11H19NO/c1-8-2-5-11(12-7-8)9-3-4-10(13)6-9/h6,8,10-13H,2-5,7H2,1H3. The summed E-state index contributed by atoms with van der Waals surface area (Å²) < 4.78 is 0. The maximum atomic E-state index is 9.38. The van der Waals surface area contributed by atoms with Gasteiger partial charge in [0.2, 0.25) is 0 Å². The first-order valence-electron chi connectivity index (χ1n) is 5.38. The van der Waals surface area contributed by atoms with E-state index in [1.165, 1.54) is 18.4 Å². The van der Waals surface area contributed by atoms with E-state index < -0.39 is 0 Å². The second-order valence-corrected chi connectivity index (χ2v) is 4.49. The van der Waals surface area contributed by atoms with Crippen molar-refractivity contribution < 1.29 is 5.11 Å². The third-order valence-electron chi connectivity index (χ3n) is 3.24. The van der Waals surface area contributed by atoms with E-state index in [2.05, 4.69) is 12.2 Å². The van der Waals surface area contributed by atoms with Gasteiger partial charge < -0.3 is 10.4 Å². The molecule has 1 aliphatic carbocycles. The second-order valence-electron chi connectivity index (χ2n) is 4.49. The summed E-state index contributed by atoms with van der Waals surface area (Å²) in [5.41, 5.74) is 1.44. The molecule has 0 aromatic heterocycles. The second kappa shape index (κ2) is 3.81. The van der Waals surface area contributed by atoms with Gasteiger partial charge in [0.25, 0.3) is 0 Å². The Morgan fingerprint density at radius 1 is 1.38 bits per heavy atom. The molecule has 0 bridgehead atoms. The average molecular weight is 181 g/mol. The first-order chi connectivity index (χ1) is 6.25. The SMILES string of the molecule is CC1CCC(C2=CC(O)CC2)NC1. The Bertz CT molecular complexity index is 204. The van der Waals surface area contributed by atoms with Crippen LogP contribution in [0.3, 0.4) is 0 Å². The predicted molar refractivity (Wildman–Crippen MR) is 53.5 cm³/mol. The summed E-state index contributed by atoms with van der Waals surface area (Å²) in [6.07, 6.45) is 6.48. The van der Waals surface area contributed by atoms with E-state index in [1.54, 1.807) is 0 Å². The lowest BCUT2D eigenvalue weighted by atomic mass is 9.92. The van der Waals surface area contributed by atoms with Gasteiger partial charge in [-0.2, -0.15) is 0 Å². The molecule has 3 unspecified atom stereocenters. The van der Waals surface area contributed by atoms with Crippen molar-refractivity contribution in [3.63, 3.8) is 0 Å². The largest absolute Gasteiger partial charge is 0.389 e. The van der Waals surface area contributed by atoms with Crippen molar-refractivity contribution in [2.45, 2.75) is 44.8 Å². The molecule has 3 atom stereocenters. The highest BCUT2D eigenvalue weighted by Gasteiger charge is 2.24. The molecular weight excluding hydrogens is 162 g/mol. The van der Waals surface area contributed by atoms with E-state index in [1.807, 2.05) is 6.08 Å². The Kier molecular flexibility index (Phi) is 2.70. The Hall–Kier alpha value is -0.340. The highest BCUT2D eigenvalue weighted by molar-refractivity contribution is 5.18. The summed E-state index contributed by atoms with van der Waals surface area (Å²) in [6.45, 7) is 3.43. The van der Waals surface area contributed by atoms with E-state index in [4.69, 9.17) is 0 Å². The predicted octanol–water partition coefficient (Wildman–Crippen LogP) is 1.46. The highest BCUT2D eigenvalue weighted by Crippen LogP contribution is 2.26. The first kappa shape index (κ1) is 9.22. The van der Waals surface area contributed by atoms with Crippen LogP contribution < -0.4 is 5.32 Å². The van der Waals surface area contributed by atoms with Crippen LogP contribution in [0.1, 0.15) is 32.6 Å². The lowest BCUT2D eigenvalue weighted by molar-refractivity contribution is 0.223. The minimum Gasteiger partial charge on any atom is -0.389 e. The van der Waals surface area contributed by atoms with Gasteiger partial charge in [-0.25, -0.2) is 0 Å². The van der Waals surface area contributed by atoms with Crippen molar-refractivity contribution in [1.82, 2.24) is 5.32 Å². The van der Waals surface area contributed by atoms with Crippen molar-refractivity contribution in [3.05, 3.63) is 11.6 Å². The molecule has 2 aliphatic rings.